The number of hydrogen-bond acceptors (Lipinski definition) is 3. The van der Waals surface area contributed by atoms with E-state index < -0.39 is 0 Å². The summed E-state index contributed by atoms with van der Waals surface area (Å²) in [5, 5.41) is 0. The van der Waals surface area contributed by atoms with E-state index in [1.165, 1.54) is 0 Å². The number of imidazole rings is 1. The summed E-state index contributed by atoms with van der Waals surface area (Å²) in [7, 11) is 0. The summed E-state index contributed by atoms with van der Waals surface area (Å²) in [5.74, 6) is 0. The Bertz CT molecular complexity index is 444. The summed E-state index contributed by atoms with van der Waals surface area (Å²) in [5.41, 5.74) is 9.46. The molecule has 2 aromatic heterocycles. The zero-order valence-electron chi connectivity index (χ0n) is 7.78. The van der Waals surface area contributed by atoms with Gasteiger partial charge in [-0.1, -0.05) is 0 Å². The number of nitrogens with zero attached hydrogens (tertiary/aromatic N) is 3. The second kappa shape index (κ2) is 2.81. The summed E-state index contributed by atoms with van der Waals surface area (Å²) >= 11 is 0. The molecular formula is C9H12N4. The van der Waals surface area contributed by atoms with Crippen molar-refractivity contribution >= 4 is 5.65 Å². The highest BCUT2D eigenvalue weighted by molar-refractivity contribution is 5.43. The smallest absolute Gasteiger partial charge is 0.140 e. The fourth-order valence-corrected chi connectivity index (χ4v) is 1.40. The Morgan fingerprint density at radius 2 is 2.23 bits per heavy atom. The Morgan fingerprint density at radius 3 is 2.92 bits per heavy atom. The van der Waals surface area contributed by atoms with E-state index in [-0.39, 0.29) is 0 Å². The normalized spacial score (nSPS) is 11.0. The number of aromatic nitrogens is 3. The van der Waals surface area contributed by atoms with E-state index in [4.69, 9.17) is 5.73 Å². The zero-order chi connectivity index (χ0) is 9.42. The lowest BCUT2D eigenvalue weighted by atomic mass is 10.3. The molecular weight excluding hydrogens is 164 g/mol. The minimum absolute atomic E-state index is 0.479. The molecule has 2 aromatic rings. The van der Waals surface area contributed by atoms with Crippen molar-refractivity contribution in [1.82, 2.24) is 14.4 Å². The van der Waals surface area contributed by atoms with Crippen LogP contribution in [-0.4, -0.2) is 14.4 Å². The van der Waals surface area contributed by atoms with Crippen molar-refractivity contribution in [1.29, 1.82) is 0 Å². The van der Waals surface area contributed by atoms with Gasteiger partial charge in [-0.15, -0.1) is 0 Å². The molecule has 13 heavy (non-hydrogen) atoms. The number of hydrogen-bond donors (Lipinski definition) is 1. The molecule has 0 aliphatic rings. The highest BCUT2D eigenvalue weighted by Gasteiger charge is 2.05. The van der Waals surface area contributed by atoms with Crippen molar-refractivity contribution < 1.29 is 0 Å². The molecule has 0 amide bonds. The second-order valence-corrected chi connectivity index (χ2v) is 3.11. The van der Waals surface area contributed by atoms with Crippen molar-refractivity contribution in [3.05, 3.63) is 29.5 Å². The molecule has 4 nitrogen and oxygen atoms in total. The van der Waals surface area contributed by atoms with Crippen LogP contribution in [0.2, 0.25) is 0 Å². The number of rotatable bonds is 1. The van der Waals surface area contributed by atoms with Gasteiger partial charge in [0.2, 0.25) is 0 Å². The summed E-state index contributed by atoms with van der Waals surface area (Å²) in [6.45, 7) is 4.43. The molecule has 68 valence electrons. The summed E-state index contributed by atoms with van der Waals surface area (Å²) in [6, 6.07) is 1.95. The van der Waals surface area contributed by atoms with E-state index in [0.717, 1.165) is 22.7 Å². The van der Waals surface area contributed by atoms with Crippen LogP contribution in [0, 0.1) is 13.8 Å². The second-order valence-electron chi connectivity index (χ2n) is 3.11. The molecule has 0 aromatic carbocycles. The Morgan fingerprint density at radius 1 is 1.46 bits per heavy atom. The molecule has 0 saturated heterocycles. The zero-order valence-corrected chi connectivity index (χ0v) is 7.78. The molecule has 2 N–H and O–H groups in total. The van der Waals surface area contributed by atoms with Crippen LogP contribution in [0.15, 0.2) is 12.4 Å². The van der Waals surface area contributed by atoms with E-state index in [9.17, 15) is 0 Å². The van der Waals surface area contributed by atoms with Crippen molar-refractivity contribution in [2.75, 3.05) is 0 Å². The predicted octanol–water partition coefficient (Wildman–Crippen LogP) is 0.805. The highest BCUT2D eigenvalue weighted by atomic mass is 15.1. The van der Waals surface area contributed by atoms with Gasteiger partial charge in [-0.25, -0.2) is 9.97 Å². The molecule has 0 aliphatic carbocycles. The van der Waals surface area contributed by atoms with Crippen molar-refractivity contribution in [2.24, 2.45) is 5.73 Å². The Balaban J connectivity index is 2.76. The average Bonchev–Trinajstić information content (AvgIpc) is 2.42. The van der Waals surface area contributed by atoms with E-state index >= 15 is 0 Å². The van der Waals surface area contributed by atoms with Gasteiger partial charge in [0.15, 0.2) is 0 Å². The maximum atomic E-state index is 5.56. The van der Waals surface area contributed by atoms with Crippen LogP contribution in [0.3, 0.4) is 0 Å². The fraction of sp³-hybridized carbons (Fsp3) is 0.333. The van der Waals surface area contributed by atoms with E-state index in [2.05, 4.69) is 9.97 Å². The predicted molar refractivity (Wildman–Crippen MR) is 50.4 cm³/mol. The van der Waals surface area contributed by atoms with Crippen molar-refractivity contribution in [2.45, 2.75) is 20.4 Å². The molecule has 0 saturated carbocycles. The molecule has 0 fully saturated rings. The van der Waals surface area contributed by atoms with Crippen LogP contribution in [-0.2, 0) is 6.54 Å². The third kappa shape index (κ3) is 1.19. The molecule has 0 spiro atoms. The molecule has 0 atom stereocenters. The van der Waals surface area contributed by atoms with Crippen LogP contribution in [0.4, 0.5) is 0 Å². The third-order valence-electron chi connectivity index (χ3n) is 2.18. The minimum atomic E-state index is 0.479. The maximum absolute atomic E-state index is 5.56. The highest BCUT2D eigenvalue weighted by Crippen LogP contribution is 2.10. The molecule has 0 aliphatic heterocycles. The van der Waals surface area contributed by atoms with Gasteiger partial charge in [-0.05, 0) is 13.8 Å². The van der Waals surface area contributed by atoms with Crippen LogP contribution < -0.4 is 5.73 Å². The van der Waals surface area contributed by atoms with Crippen LogP contribution in [0.1, 0.15) is 17.1 Å². The Hall–Kier alpha value is -1.42. The van der Waals surface area contributed by atoms with Gasteiger partial charge in [-0.3, -0.25) is 4.40 Å². The molecule has 0 bridgehead atoms. The fourth-order valence-electron chi connectivity index (χ4n) is 1.40. The van der Waals surface area contributed by atoms with E-state index in [1.54, 1.807) is 6.33 Å². The topological polar surface area (TPSA) is 56.2 Å². The first-order chi connectivity index (χ1) is 6.22. The van der Waals surface area contributed by atoms with Gasteiger partial charge in [0.25, 0.3) is 0 Å². The van der Waals surface area contributed by atoms with Gasteiger partial charge in [0.1, 0.15) is 12.0 Å². The van der Waals surface area contributed by atoms with Crippen molar-refractivity contribution in [3.8, 4) is 0 Å². The van der Waals surface area contributed by atoms with Gasteiger partial charge in [-0.2, -0.15) is 0 Å². The summed E-state index contributed by atoms with van der Waals surface area (Å²) in [4.78, 5) is 8.59. The first-order valence-electron chi connectivity index (χ1n) is 4.22. The lowest BCUT2D eigenvalue weighted by molar-refractivity contribution is 0.968. The maximum Gasteiger partial charge on any atom is 0.140 e. The first-order valence-corrected chi connectivity index (χ1v) is 4.22. The lowest BCUT2D eigenvalue weighted by Crippen LogP contribution is -1.98. The number of fused-ring (bicyclic) bond motifs is 1. The standard InChI is InChI=1S/C9H12N4/c1-6-3-9-12-8(4-10)7(2)13(9)5-11-6/h3,5H,4,10H2,1-2H3. The minimum Gasteiger partial charge on any atom is -0.325 e. The molecule has 0 unspecified atom stereocenters. The monoisotopic (exact) mass is 176 g/mol. The van der Waals surface area contributed by atoms with Crippen LogP contribution in [0.25, 0.3) is 5.65 Å². The largest absolute Gasteiger partial charge is 0.325 e. The third-order valence-corrected chi connectivity index (χ3v) is 2.18. The summed E-state index contributed by atoms with van der Waals surface area (Å²) < 4.78 is 1.95. The van der Waals surface area contributed by atoms with Gasteiger partial charge in [0, 0.05) is 24.0 Å². The Labute approximate surface area is 76.4 Å². The molecule has 4 heteroatoms. The van der Waals surface area contributed by atoms with E-state index in [0.29, 0.717) is 6.54 Å². The summed E-state index contributed by atoms with van der Waals surface area (Å²) in [6.07, 6.45) is 1.78. The van der Waals surface area contributed by atoms with Gasteiger partial charge in [0.05, 0.1) is 5.69 Å². The average molecular weight is 176 g/mol. The van der Waals surface area contributed by atoms with Crippen LogP contribution in [0.5, 0.6) is 0 Å². The van der Waals surface area contributed by atoms with Crippen molar-refractivity contribution in [3.63, 3.8) is 0 Å². The first kappa shape index (κ1) is 8.19. The molecule has 2 heterocycles. The number of nitrogens with two attached hydrogens (primary N) is 1. The van der Waals surface area contributed by atoms with Gasteiger partial charge >= 0.3 is 0 Å². The van der Waals surface area contributed by atoms with Crippen LogP contribution >= 0.6 is 0 Å². The quantitative estimate of drug-likeness (QED) is 0.699. The molecule has 0 radical (unpaired) electrons. The Kier molecular flexibility index (Phi) is 1.77. The SMILES string of the molecule is Cc1cc2nc(CN)c(C)n2cn1. The van der Waals surface area contributed by atoms with Gasteiger partial charge < -0.3 is 5.73 Å². The number of aryl methyl sites for hydroxylation is 2. The lowest BCUT2D eigenvalue weighted by Gasteiger charge is -1.96. The molecule has 2 rings (SSSR count). The van der Waals surface area contributed by atoms with E-state index in [1.807, 2.05) is 24.3 Å².